The Balaban J connectivity index is 3.04. The number of sulfone groups is 1. The topological polar surface area (TPSA) is 89.3 Å². The third-order valence-electron chi connectivity index (χ3n) is 2.80. The van der Waals surface area contributed by atoms with Gasteiger partial charge in [-0.1, -0.05) is 25.4 Å². The zero-order valence-electron chi connectivity index (χ0n) is 11.7. The number of halogens is 1. The molecule has 3 N–H and O–H groups in total. The van der Waals surface area contributed by atoms with E-state index in [4.69, 9.17) is 17.3 Å². The van der Waals surface area contributed by atoms with Crippen LogP contribution in [0.5, 0.6) is 0 Å². The van der Waals surface area contributed by atoms with Crippen molar-refractivity contribution in [2.24, 2.45) is 5.92 Å². The highest BCUT2D eigenvalue weighted by Crippen LogP contribution is 2.26. The molecule has 0 heterocycles. The van der Waals surface area contributed by atoms with Gasteiger partial charge in [-0.3, -0.25) is 4.79 Å². The zero-order chi connectivity index (χ0) is 15.5. The Bertz CT molecular complexity index is 600. The zero-order valence-corrected chi connectivity index (χ0v) is 13.3. The number of anilines is 1. The van der Waals surface area contributed by atoms with Gasteiger partial charge in [-0.15, -0.1) is 0 Å². The molecule has 0 spiro atoms. The Kier molecular flexibility index (Phi) is 5.42. The van der Waals surface area contributed by atoms with E-state index in [2.05, 4.69) is 5.32 Å². The van der Waals surface area contributed by atoms with Gasteiger partial charge < -0.3 is 11.1 Å². The molecule has 20 heavy (non-hydrogen) atoms. The Morgan fingerprint density at radius 2 is 1.95 bits per heavy atom. The van der Waals surface area contributed by atoms with Crippen molar-refractivity contribution >= 4 is 33.0 Å². The first-order chi connectivity index (χ1) is 9.16. The fraction of sp³-hybridized carbons (Fsp3) is 0.462. The lowest BCUT2D eigenvalue weighted by molar-refractivity contribution is -0.120. The lowest BCUT2D eigenvalue weighted by atomic mass is 10.2. The largest absolute Gasteiger partial charge is 0.398 e. The van der Waals surface area contributed by atoms with Crippen LogP contribution in [-0.4, -0.2) is 26.1 Å². The van der Waals surface area contributed by atoms with Crippen molar-refractivity contribution in [3.8, 4) is 0 Å². The molecule has 0 bridgehead atoms. The highest BCUT2D eigenvalue weighted by Gasteiger charge is 2.31. The Hall–Kier alpha value is -1.27. The van der Waals surface area contributed by atoms with Crippen molar-refractivity contribution in [1.82, 2.24) is 5.32 Å². The van der Waals surface area contributed by atoms with E-state index in [0.29, 0.717) is 6.54 Å². The van der Waals surface area contributed by atoms with Crippen molar-refractivity contribution in [3.63, 3.8) is 0 Å². The number of nitrogens with two attached hydrogens (primary N) is 1. The molecule has 1 rings (SSSR count). The summed E-state index contributed by atoms with van der Waals surface area (Å²) in [6.45, 7) is 5.61. The summed E-state index contributed by atoms with van der Waals surface area (Å²) in [5.41, 5.74) is 5.75. The summed E-state index contributed by atoms with van der Waals surface area (Å²) >= 11 is 5.79. The predicted molar refractivity (Wildman–Crippen MR) is 80.4 cm³/mol. The molecule has 0 fully saturated rings. The van der Waals surface area contributed by atoms with Crippen LogP contribution in [0.25, 0.3) is 0 Å². The molecule has 0 aliphatic rings. The Morgan fingerprint density at radius 1 is 1.35 bits per heavy atom. The first kappa shape index (κ1) is 16.8. The van der Waals surface area contributed by atoms with E-state index in [0.717, 1.165) is 0 Å². The minimum atomic E-state index is -3.86. The number of carbonyl (C=O) groups excluding carboxylic acids is 1. The van der Waals surface area contributed by atoms with Crippen molar-refractivity contribution in [1.29, 1.82) is 0 Å². The minimum Gasteiger partial charge on any atom is -0.398 e. The van der Waals surface area contributed by atoms with E-state index in [-0.39, 0.29) is 21.5 Å². The van der Waals surface area contributed by atoms with Gasteiger partial charge >= 0.3 is 0 Å². The number of rotatable bonds is 5. The quantitative estimate of drug-likeness (QED) is 0.811. The molecular formula is C13H19ClN2O3S. The van der Waals surface area contributed by atoms with E-state index in [9.17, 15) is 13.2 Å². The summed E-state index contributed by atoms with van der Waals surface area (Å²) in [4.78, 5) is 11.8. The smallest absolute Gasteiger partial charge is 0.238 e. The van der Waals surface area contributed by atoms with Crippen molar-refractivity contribution in [2.75, 3.05) is 12.3 Å². The number of carbonyl (C=O) groups is 1. The fourth-order valence-electron chi connectivity index (χ4n) is 1.53. The van der Waals surface area contributed by atoms with E-state index in [1.54, 1.807) is 0 Å². The number of nitrogens with one attached hydrogen (secondary N) is 1. The van der Waals surface area contributed by atoms with Gasteiger partial charge in [-0.25, -0.2) is 8.42 Å². The van der Waals surface area contributed by atoms with Crippen LogP contribution in [0.2, 0.25) is 5.02 Å². The van der Waals surface area contributed by atoms with Crippen LogP contribution in [0.3, 0.4) is 0 Å². The maximum Gasteiger partial charge on any atom is 0.238 e. The molecular weight excluding hydrogens is 300 g/mol. The molecule has 0 aliphatic carbocycles. The van der Waals surface area contributed by atoms with Crippen LogP contribution in [-0.2, 0) is 14.6 Å². The van der Waals surface area contributed by atoms with E-state index in [1.807, 2.05) is 13.8 Å². The molecule has 5 nitrogen and oxygen atoms in total. The molecule has 1 unspecified atom stereocenters. The average molecular weight is 319 g/mol. The van der Waals surface area contributed by atoms with Gasteiger partial charge in [-0.2, -0.15) is 0 Å². The van der Waals surface area contributed by atoms with Crippen molar-refractivity contribution < 1.29 is 13.2 Å². The van der Waals surface area contributed by atoms with Gasteiger partial charge in [0.25, 0.3) is 0 Å². The summed E-state index contributed by atoms with van der Waals surface area (Å²) in [5, 5.41) is 1.64. The molecule has 1 atom stereocenters. The summed E-state index contributed by atoms with van der Waals surface area (Å²) in [7, 11) is -3.86. The van der Waals surface area contributed by atoms with Crippen LogP contribution >= 0.6 is 11.6 Å². The van der Waals surface area contributed by atoms with Gasteiger partial charge in [0, 0.05) is 11.6 Å². The Morgan fingerprint density at radius 3 is 2.50 bits per heavy atom. The highest BCUT2D eigenvalue weighted by atomic mass is 35.5. The van der Waals surface area contributed by atoms with Crippen molar-refractivity contribution in [2.45, 2.75) is 30.9 Å². The minimum absolute atomic E-state index is 0.0814. The molecule has 0 saturated carbocycles. The number of nitrogen functional groups attached to an aromatic ring is 1. The molecule has 1 aromatic carbocycles. The van der Waals surface area contributed by atoms with Crippen LogP contribution in [0.4, 0.5) is 5.69 Å². The van der Waals surface area contributed by atoms with Crippen LogP contribution in [0.15, 0.2) is 23.1 Å². The van der Waals surface area contributed by atoms with Gasteiger partial charge in [0.2, 0.25) is 5.91 Å². The van der Waals surface area contributed by atoms with Gasteiger partial charge in [-0.05, 0) is 31.0 Å². The number of benzene rings is 1. The number of amides is 1. The molecule has 0 saturated heterocycles. The molecule has 0 radical (unpaired) electrons. The van der Waals surface area contributed by atoms with Crippen LogP contribution < -0.4 is 11.1 Å². The third kappa shape index (κ3) is 3.86. The highest BCUT2D eigenvalue weighted by molar-refractivity contribution is 7.93. The summed E-state index contributed by atoms with van der Waals surface area (Å²) in [6.07, 6.45) is 0. The summed E-state index contributed by atoms with van der Waals surface area (Å²) in [6, 6.07) is 4.17. The molecule has 0 aliphatic heterocycles. The molecule has 112 valence electrons. The molecule has 1 aromatic rings. The fourth-order valence-corrected chi connectivity index (χ4v) is 3.21. The SMILES string of the molecule is CC(C)CNC(=O)C(C)S(=O)(=O)c1cc(Cl)ccc1N. The number of hydrogen-bond donors (Lipinski definition) is 2. The molecule has 1 amide bonds. The van der Waals surface area contributed by atoms with Gasteiger partial charge in [0.1, 0.15) is 5.25 Å². The van der Waals surface area contributed by atoms with E-state index in [1.165, 1.54) is 25.1 Å². The van der Waals surface area contributed by atoms with E-state index >= 15 is 0 Å². The Labute approximate surface area is 124 Å². The second-order valence-corrected chi connectivity index (χ2v) is 7.68. The molecule has 7 heteroatoms. The van der Waals surface area contributed by atoms with Crippen LogP contribution in [0.1, 0.15) is 20.8 Å². The average Bonchev–Trinajstić information content (AvgIpc) is 2.37. The summed E-state index contributed by atoms with van der Waals surface area (Å²) in [5.74, 6) is -0.303. The predicted octanol–water partition coefficient (Wildman–Crippen LogP) is 1.86. The third-order valence-corrected chi connectivity index (χ3v) is 5.15. The van der Waals surface area contributed by atoms with Gasteiger partial charge in [0.15, 0.2) is 9.84 Å². The standard InChI is InChI=1S/C13H19ClN2O3S/c1-8(2)7-16-13(17)9(3)20(18,19)12-6-10(14)4-5-11(12)15/h4-6,8-9H,7,15H2,1-3H3,(H,16,17). The number of hydrogen-bond acceptors (Lipinski definition) is 4. The second-order valence-electron chi connectivity index (χ2n) is 5.01. The first-order valence-corrected chi connectivity index (χ1v) is 8.15. The maximum atomic E-state index is 12.4. The lowest BCUT2D eigenvalue weighted by Gasteiger charge is -2.15. The maximum absolute atomic E-state index is 12.4. The van der Waals surface area contributed by atoms with Gasteiger partial charge in [0.05, 0.1) is 10.6 Å². The van der Waals surface area contributed by atoms with Crippen molar-refractivity contribution in [3.05, 3.63) is 23.2 Å². The second kappa shape index (κ2) is 6.45. The molecule has 0 aromatic heterocycles. The van der Waals surface area contributed by atoms with Crippen LogP contribution in [0, 0.1) is 5.92 Å². The first-order valence-electron chi connectivity index (χ1n) is 6.23. The summed E-state index contributed by atoms with van der Waals surface area (Å²) < 4.78 is 24.8. The van der Waals surface area contributed by atoms with E-state index < -0.39 is 21.0 Å². The lowest BCUT2D eigenvalue weighted by Crippen LogP contribution is -2.39. The normalized spacial score (nSPS) is 13.2. The monoisotopic (exact) mass is 318 g/mol.